The monoisotopic (exact) mass is 268 g/mol. The molecular weight excluding hydrogens is 232 g/mol. The maximum Gasteiger partial charge on any atom is 0.0276 e. The normalized spacial score (nSPS) is 32.5. The lowest BCUT2D eigenvalue weighted by Gasteiger charge is -2.48. The Bertz CT molecular complexity index is 236. The summed E-state index contributed by atoms with van der Waals surface area (Å²) >= 11 is 0. The third-order valence-corrected chi connectivity index (χ3v) is 4.84. The van der Waals surface area contributed by atoms with Crippen LogP contribution < -0.4 is 5.73 Å². The van der Waals surface area contributed by atoms with Crippen molar-refractivity contribution >= 4 is 0 Å². The van der Waals surface area contributed by atoms with E-state index in [4.69, 9.17) is 5.73 Å². The first kappa shape index (κ1) is 17.0. The van der Waals surface area contributed by atoms with E-state index in [1.807, 2.05) is 0 Å². The molecule has 0 saturated heterocycles. The predicted octanol–water partition coefficient (Wildman–Crippen LogP) is 3.89. The topological polar surface area (TPSA) is 29.3 Å². The fourth-order valence-corrected chi connectivity index (χ4v) is 4.16. The molecule has 1 aliphatic carbocycles. The molecule has 1 saturated carbocycles. The first-order valence-corrected chi connectivity index (χ1v) is 8.41. The Kier molecular flexibility index (Phi) is 6.82. The Morgan fingerprint density at radius 2 is 1.68 bits per heavy atom. The van der Waals surface area contributed by atoms with Crippen molar-refractivity contribution in [2.45, 2.75) is 85.4 Å². The molecule has 0 spiro atoms. The maximum atomic E-state index is 6.54. The van der Waals surface area contributed by atoms with Gasteiger partial charge in [0, 0.05) is 24.7 Å². The van der Waals surface area contributed by atoms with Gasteiger partial charge in [-0.2, -0.15) is 0 Å². The van der Waals surface area contributed by atoms with Crippen LogP contribution >= 0.6 is 0 Å². The van der Waals surface area contributed by atoms with Crippen molar-refractivity contribution in [1.29, 1.82) is 0 Å². The lowest BCUT2D eigenvalue weighted by molar-refractivity contribution is 0.0290. The highest BCUT2D eigenvalue weighted by atomic mass is 15.2. The molecule has 1 fully saturated rings. The number of hydrogen-bond donors (Lipinski definition) is 1. The molecule has 1 aliphatic rings. The van der Waals surface area contributed by atoms with Crippen LogP contribution in [0, 0.1) is 17.8 Å². The second-order valence-electron chi connectivity index (χ2n) is 7.27. The summed E-state index contributed by atoms with van der Waals surface area (Å²) in [6.45, 7) is 15.3. The van der Waals surface area contributed by atoms with E-state index in [1.54, 1.807) is 0 Å². The third kappa shape index (κ3) is 4.46. The molecule has 0 amide bonds. The summed E-state index contributed by atoms with van der Waals surface area (Å²) in [6, 6.07) is 1.65. The van der Waals surface area contributed by atoms with E-state index < -0.39 is 0 Å². The van der Waals surface area contributed by atoms with E-state index >= 15 is 0 Å². The minimum atomic E-state index is 0.359. The zero-order chi connectivity index (χ0) is 14.6. The second kappa shape index (κ2) is 7.64. The first-order valence-electron chi connectivity index (χ1n) is 8.41. The molecule has 1 rings (SSSR count). The summed E-state index contributed by atoms with van der Waals surface area (Å²) in [5.41, 5.74) is 6.54. The van der Waals surface area contributed by atoms with E-state index in [2.05, 4.69) is 46.4 Å². The van der Waals surface area contributed by atoms with Gasteiger partial charge in [-0.05, 0) is 43.4 Å². The minimum absolute atomic E-state index is 0.359. The van der Waals surface area contributed by atoms with Crippen LogP contribution in [0.3, 0.4) is 0 Å². The molecule has 4 atom stereocenters. The average Bonchev–Trinajstić information content (AvgIpc) is 2.28. The molecule has 0 aliphatic heterocycles. The molecular formula is C17H36N2. The predicted molar refractivity (Wildman–Crippen MR) is 85.2 cm³/mol. The first-order chi connectivity index (χ1) is 8.90. The van der Waals surface area contributed by atoms with Crippen LogP contribution in [0.1, 0.15) is 67.2 Å². The van der Waals surface area contributed by atoms with Gasteiger partial charge in [-0.15, -0.1) is 0 Å². The van der Waals surface area contributed by atoms with E-state index in [-0.39, 0.29) is 0 Å². The SMILES string of the molecule is CCC(CC)N(CC(C)C)C1C(C)CC(C)CC1N. The molecule has 0 aromatic carbocycles. The standard InChI is InChI=1S/C17H36N2/c1-7-15(8-2)19(11-12(3)4)17-14(6)9-13(5)10-16(17)18/h12-17H,7-11,18H2,1-6H3. The van der Waals surface area contributed by atoms with Crippen LogP contribution in [-0.4, -0.2) is 29.6 Å². The van der Waals surface area contributed by atoms with E-state index in [0.29, 0.717) is 18.1 Å². The van der Waals surface area contributed by atoms with Gasteiger partial charge in [-0.25, -0.2) is 0 Å². The van der Waals surface area contributed by atoms with Crippen LogP contribution in [0.25, 0.3) is 0 Å². The summed E-state index contributed by atoms with van der Waals surface area (Å²) in [4.78, 5) is 2.76. The zero-order valence-electron chi connectivity index (χ0n) is 14.0. The average molecular weight is 268 g/mol. The quantitative estimate of drug-likeness (QED) is 0.792. The number of rotatable bonds is 6. The molecule has 114 valence electrons. The molecule has 0 aromatic heterocycles. The van der Waals surface area contributed by atoms with Crippen molar-refractivity contribution in [3.8, 4) is 0 Å². The summed E-state index contributed by atoms with van der Waals surface area (Å²) < 4.78 is 0. The second-order valence-corrected chi connectivity index (χ2v) is 7.27. The van der Waals surface area contributed by atoms with Gasteiger partial charge < -0.3 is 5.73 Å². The molecule has 19 heavy (non-hydrogen) atoms. The van der Waals surface area contributed by atoms with Gasteiger partial charge in [-0.3, -0.25) is 4.90 Å². The van der Waals surface area contributed by atoms with Crippen molar-refractivity contribution in [1.82, 2.24) is 4.90 Å². The van der Waals surface area contributed by atoms with Gasteiger partial charge in [0.05, 0.1) is 0 Å². The molecule has 4 unspecified atom stereocenters. The number of hydrogen-bond acceptors (Lipinski definition) is 2. The van der Waals surface area contributed by atoms with Gasteiger partial charge >= 0.3 is 0 Å². The zero-order valence-corrected chi connectivity index (χ0v) is 14.0. The van der Waals surface area contributed by atoms with Crippen LogP contribution in [0.5, 0.6) is 0 Å². The molecule has 0 aromatic rings. The number of nitrogens with zero attached hydrogens (tertiary/aromatic N) is 1. The van der Waals surface area contributed by atoms with Gasteiger partial charge in [-0.1, -0.05) is 41.5 Å². The largest absolute Gasteiger partial charge is 0.326 e. The summed E-state index contributed by atoms with van der Waals surface area (Å²) in [5.74, 6) is 2.25. The summed E-state index contributed by atoms with van der Waals surface area (Å²) in [6.07, 6.45) is 5.03. The van der Waals surface area contributed by atoms with Crippen molar-refractivity contribution in [3.63, 3.8) is 0 Å². The Morgan fingerprint density at radius 3 is 2.11 bits per heavy atom. The van der Waals surface area contributed by atoms with Crippen molar-refractivity contribution in [2.75, 3.05) is 6.54 Å². The van der Waals surface area contributed by atoms with Gasteiger partial charge in [0.25, 0.3) is 0 Å². The highest BCUT2D eigenvalue weighted by Crippen LogP contribution is 2.33. The van der Waals surface area contributed by atoms with Crippen LogP contribution in [0.4, 0.5) is 0 Å². The van der Waals surface area contributed by atoms with Crippen LogP contribution in [0.15, 0.2) is 0 Å². The lowest BCUT2D eigenvalue weighted by Crippen LogP contribution is -2.58. The maximum absolute atomic E-state index is 6.54. The fraction of sp³-hybridized carbons (Fsp3) is 1.00. The summed E-state index contributed by atoms with van der Waals surface area (Å²) in [7, 11) is 0. The highest BCUT2D eigenvalue weighted by molar-refractivity contribution is 4.94. The number of nitrogens with two attached hydrogens (primary N) is 1. The Morgan fingerprint density at radius 1 is 1.11 bits per heavy atom. The minimum Gasteiger partial charge on any atom is -0.326 e. The van der Waals surface area contributed by atoms with E-state index in [0.717, 1.165) is 17.8 Å². The molecule has 0 radical (unpaired) electrons. The molecule has 2 N–H and O–H groups in total. The van der Waals surface area contributed by atoms with Gasteiger partial charge in [0.1, 0.15) is 0 Å². The fourth-order valence-electron chi connectivity index (χ4n) is 4.16. The van der Waals surface area contributed by atoms with Crippen molar-refractivity contribution in [2.24, 2.45) is 23.5 Å². The molecule has 0 bridgehead atoms. The molecule has 0 heterocycles. The Balaban J connectivity index is 2.88. The molecule has 2 heteroatoms. The van der Waals surface area contributed by atoms with E-state index in [1.165, 1.54) is 32.2 Å². The smallest absolute Gasteiger partial charge is 0.0276 e. The molecule has 2 nitrogen and oxygen atoms in total. The highest BCUT2D eigenvalue weighted by Gasteiger charge is 2.37. The summed E-state index contributed by atoms with van der Waals surface area (Å²) in [5, 5.41) is 0. The Labute approximate surface area is 121 Å². The van der Waals surface area contributed by atoms with Crippen molar-refractivity contribution in [3.05, 3.63) is 0 Å². The van der Waals surface area contributed by atoms with E-state index in [9.17, 15) is 0 Å². The Hall–Kier alpha value is -0.0800. The van der Waals surface area contributed by atoms with Crippen LogP contribution in [0.2, 0.25) is 0 Å². The lowest BCUT2D eigenvalue weighted by atomic mass is 9.75. The van der Waals surface area contributed by atoms with Gasteiger partial charge in [0.2, 0.25) is 0 Å². The third-order valence-electron chi connectivity index (χ3n) is 4.84. The van der Waals surface area contributed by atoms with Crippen LogP contribution in [-0.2, 0) is 0 Å². The van der Waals surface area contributed by atoms with Gasteiger partial charge in [0.15, 0.2) is 0 Å². The van der Waals surface area contributed by atoms with Crippen molar-refractivity contribution < 1.29 is 0 Å².